The number of pyridine rings is 1. The van der Waals surface area contributed by atoms with Gasteiger partial charge in [0.25, 0.3) is 11.8 Å². The molecule has 0 aromatic carbocycles. The van der Waals surface area contributed by atoms with Gasteiger partial charge >= 0.3 is 0 Å². The summed E-state index contributed by atoms with van der Waals surface area (Å²) in [6.07, 6.45) is 2.71. The third-order valence-corrected chi connectivity index (χ3v) is 3.44. The number of halogens is 2. The SMILES string of the molecule is CCc1cc(C(=O)NCC=O)ccn1.CN1CC(F)(F)CC1C#N. The van der Waals surface area contributed by atoms with Crippen LogP contribution in [0.3, 0.4) is 0 Å². The first-order chi connectivity index (χ1) is 11.3. The number of nitriles is 1. The van der Waals surface area contributed by atoms with Crippen molar-refractivity contribution < 1.29 is 18.4 Å². The van der Waals surface area contributed by atoms with E-state index in [0.29, 0.717) is 11.8 Å². The number of carbonyl (C=O) groups excluding carboxylic acids is 2. The van der Waals surface area contributed by atoms with Crippen molar-refractivity contribution in [3.05, 3.63) is 29.6 Å². The highest BCUT2D eigenvalue weighted by Gasteiger charge is 2.43. The van der Waals surface area contributed by atoms with Gasteiger partial charge in [-0.3, -0.25) is 14.7 Å². The van der Waals surface area contributed by atoms with E-state index in [1.807, 2.05) is 13.0 Å². The van der Waals surface area contributed by atoms with Gasteiger partial charge in [-0.1, -0.05) is 6.92 Å². The van der Waals surface area contributed by atoms with Gasteiger partial charge in [0.2, 0.25) is 0 Å². The fraction of sp³-hybridized carbons (Fsp3) is 0.500. The number of nitrogens with zero attached hydrogens (tertiary/aromatic N) is 3. The molecule has 1 unspecified atom stereocenters. The van der Waals surface area contributed by atoms with Crippen molar-refractivity contribution in [1.29, 1.82) is 5.26 Å². The largest absolute Gasteiger partial charge is 0.345 e. The molecule has 24 heavy (non-hydrogen) atoms. The Labute approximate surface area is 139 Å². The zero-order chi connectivity index (χ0) is 18.2. The second kappa shape index (κ2) is 9.03. The lowest BCUT2D eigenvalue weighted by Crippen LogP contribution is -2.25. The monoisotopic (exact) mass is 338 g/mol. The summed E-state index contributed by atoms with van der Waals surface area (Å²) < 4.78 is 24.9. The van der Waals surface area contributed by atoms with Crippen LogP contribution in [-0.2, 0) is 11.2 Å². The number of aldehydes is 1. The molecule has 1 amide bonds. The maximum absolute atomic E-state index is 12.4. The van der Waals surface area contributed by atoms with Gasteiger partial charge in [0, 0.05) is 23.9 Å². The minimum Gasteiger partial charge on any atom is -0.345 e. The number of rotatable bonds is 4. The number of aromatic nitrogens is 1. The third-order valence-electron chi connectivity index (χ3n) is 3.44. The summed E-state index contributed by atoms with van der Waals surface area (Å²) in [6.45, 7) is 1.73. The molecule has 1 aliphatic heterocycles. The van der Waals surface area contributed by atoms with Crippen LogP contribution >= 0.6 is 0 Å². The summed E-state index contributed by atoms with van der Waals surface area (Å²) in [4.78, 5) is 26.9. The first-order valence-electron chi connectivity index (χ1n) is 7.47. The van der Waals surface area contributed by atoms with E-state index in [4.69, 9.17) is 5.26 Å². The highest BCUT2D eigenvalue weighted by molar-refractivity contribution is 5.95. The molecule has 2 rings (SSSR count). The van der Waals surface area contributed by atoms with E-state index in [1.165, 1.54) is 11.9 Å². The molecule has 0 aliphatic carbocycles. The normalized spacial score (nSPS) is 18.9. The zero-order valence-electron chi connectivity index (χ0n) is 13.6. The average molecular weight is 338 g/mol. The second-order valence-corrected chi connectivity index (χ2v) is 5.39. The molecule has 0 spiro atoms. The predicted octanol–water partition coefficient (Wildman–Crippen LogP) is 1.42. The van der Waals surface area contributed by atoms with E-state index in [2.05, 4.69) is 10.3 Å². The van der Waals surface area contributed by atoms with Crippen molar-refractivity contribution in [3.63, 3.8) is 0 Å². The van der Waals surface area contributed by atoms with E-state index in [1.54, 1.807) is 18.3 Å². The Morgan fingerprint density at radius 2 is 2.33 bits per heavy atom. The molecule has 1 fully saturated rings. The van der Waals surface area contributed by atoms with Crippen LogP contribution in [0.4, 0.5) is 8.78 Å². The van der Waals surface area contributed by atoms with Crippen molar-refractivity contribution in [2.45, 2.75) is 31.7 Å². The van der Waals surface area contributed by atoms with Gasteiger partial charge < -0.3 is 10.1 Å². The molecule has 1 saturated heterocycles. The van der Waals surface area contributed by atoms with Gasteiger partial charge in [-0.2, -0.15) is 5.26 Å². The van der Waals surface area contributed by atoms with Crippen LogP contribution < -0.4 is 5.32 Å². The molecule has 6 nitrogen and oxygen atoms in total. The first-order valence-corrected chi connectivity index (χ1v) is 7.47. The summed E-state index contributed by atoms with van der Waals surface area (Å²) in [5.74, 6) is -2.90. The molecular formula is C16H20F2N4O2. The van der Waals surface area contributed by atoms with Crippen LogP contribution in [0.15, 0.2) is 18.3 Å². The van der Waals surface area contributed by atoms with Crippen molar-refractivity contribution in [2.75, 3.05) is 20.1 Å². The topological polar surface area (TPSA) is 86.1 Å². The highest BCUT2D eigenvalue weighted by atomic mass is 19.3. The fourth-order valence-electron chi connectivity index (χ4n) is 2.17. The lowest BCUT2D eigenvalue weighted by Gasteiger charge is -2.09. The first kappa shape index (κ1) is 19.6. The minimum atomic E-state index is -2.66. The summed E-state index contributed by atoms with van der Waals surface area (Å²) in [6, 6.07) is 4.56. The number of carbonyl (C=O) groups is 2. The smallest absolute Gasteiger partial charge is 0.263 e. The number of hydrogen-bond donors (Lipinski definition) is 1. The number of aryl methyl sites for hydroxylation is 1. The molecule has 130 valence electrons. The molecule has 0 bridgehead atoms. The molecule has 1 aromatic rings. The van der Waals surface area contributed by atoms with Crippen LogP contribution in [0, 0.1) is 11.3 Å². The van der Waals surface area contributed by atoms with E-state index < -0.39 is 12.0 Å². The second-order valence-electron chi connectivity index (χ2n) is 5.39. The Hall–Kier alpha value is -2.40. The lowest BCUT2D eigenvalue weighted by atomic mass is 10.2. The standard InChI is InChI=1S/C10H12N2O2.C6H8F2N2/c1-2-9-7-8(3-4-11-9)10(14)12-5-6-13;1-10-4-6(7,8)2-5(10)3-9/h3-4,6-7H,2,5H2,1H3,(H,12,14);5H,2,4H2,1H3. The van der Waals surface area contributed by atoms with Gasteiger partial charge in [0.15, 0.2) is 0 Å². The number of likely N-dealkylation sites (tertiary alicyclic amines) is 1. The molecule has 0 saturated carbocycles. The zero-order valence-corrected chi connectivity index (χ0v) is 13.6. The molecule has 2 heterocycles. The summed E-state index contributed by atoms with van der Waals surface area (Å²) >= 11 is 0. The van der Waals surface area contributed by atoms with Crippen LogP contribution in [0.1, 0.15) is 29.4 Å². The van der Waals surface area contributed by atoms with Crippen molar-refractivity contribution in [2.24, 2.45) is 0 Å². The van der Waals surface area contributed by atoms with Crippen LogP contribution in [0.25, 0.3) is 0 Å². The summed E-state index contributed by atoms with van der Waals surface area (Å²) in [5.41, 5.74) is 1.41. The fourth-order valence-corrected chi connectivity index (χ4v) is 2.17. The highest BCUT2D eigenvalue weighted by Crippen LogP contribution is 2.30. The number of nitrogens with one attached hydrogen (secondary N) is 1. The van der Waals surface area contributed by atoms with Crippen molar-refractivity contribution in [1.82, 2.24) is 15.2 Å². The number of amides is 1. The van der Waals surface area contributed by atoms with E-state index in [0.717, 1.165) is 12.1 Å². The molecule has 8 heteroatoms. The third kappa shape index (κ3) is 6.01. The Kier molecular flexibility index (Phi) is 7.39. The molecular weight excluding hydrogens is 318 g/mol. The van der Waals surface area contributed by atoms with Crippen LogP contribution in [0.5, 0.6) is 0 Å². The lowest BCUT2D eigenvalue weighted by molar-refractivity contribution is -0.107. The van der Waals surface area contributed by atoms with Crippen LogP contribution in [-0.4, -0.2) is 54.2 Å². The molecule has 1 aliphatic rings. The predicted molar refractivity (Wildman–Crippen MR) is 83.6 cm³/mol. The summed E-state index contributed by atoms with van der Waals surface area (Å²) in [5, 5.41) is 10.8. The minimum absolute atomic E-state index is 0.0443. The maximum atomic E-state index is 12.4. The number of alkyl halides is 2. The molecule has 0 radical (unpaired) electrons. The Balaban J connectivity index is 0.000000254. The van der Waals surface area contributed by atoms with Crippen molar-refractivity contribution in [3.8, 4) is 6.07 Å². The molecule has 1 N–H and O–H groups in total. The van der Waals surface area contributed by atoms with E-state index in [-0.39, 0.29) is 25.4 Å². The Morgan fingerprint density at radius 3 is 2.79 bits per heavy atom. The van der Waals surface area contributed by atoms with Crippen molar-refractivity contribution >= 4 is 12.2 Å². The van der Waals surface area contributed by atoms with Gasteiger partial charge in [-0.05, 0) is 25.6 Å². The Bertz CT molecular complexity index is 616. The summed E-state index contributed by atoms with van der Waals surface area (Å²) in [7, 11) is 1.54. The molecule has 1 atom stereocenters. The van der Waals surface area contributed by atoms with Gasteiger partial charge in [0.05, 0.1) is 19.2 Å². The van der Waals surface area contributed by atoms with Crippen LogP contribution in [0.2, 0.25) is 0 Å². The Morgan fingerprint density at radius 1 is 1.62 bits per heavy atom. The van der Waals surface area contributed by atoms with Gasteiger partial charge in [-0.25, -0.2) is 8.78 Å². The average Bonchev–Trinajstić information content (AvgIpc) is 2.85. The van der Waals surface area contributed by atoms with E-state index >= 15 is 0 Å². The van der Waals surface area contributed by atoms with Gasteiger partial charge in [-0.15, -0.1) is 0 Å². The molecule has 1 aromatic heterocycles. The number of hydrogen-bond acceptors (Lipinski definition) is 5. The van der Waals surface area contributed by atoms with E-state index in [9.17, 15) is 18.4 Å². The van der Waals surface area contributed by atoms with Gasteiger partial charge in [0.1, 0.15) is 12.3 Å². The quantitative estimate of drug-likeness (QED) is 0.839. The maximum Gasteiger partial charge on any atom is 0.263 e.